The Labute approximate surface area is 123 Å². The van der Waals surface area contributed by atoms with Crippen molar-refractivity contribution in [2.45, 2.75) is 26.9 Å². The minimum atomic E-state index is -0.898. The van der Waals surface area contributed by atoms with Crippen molar-refractivity contribution in [3.8, 4) is 0 Å². The molecule has 4 nitrogen and oxygen atoms in total. The van der Waals surface area contributed by atoms with Crippen molar-refractivity contribution in [3.63, 3.8) is 0 Å². The van der Waals surface area contributed by atoms with E-state index in [1.165, 1.54) is 6.92 Å². The number of halogens is 1. The molecule has 1 rings (SSSR count). The average Bonchev–Trinajstić information content (AvgIpc) is 2.38. The molecule has 1 aromatic rings. The molecule has 0 aliphatic heterocycles. The van der Waals surface area contributed by atoms with Gasteiger partial charge in [-0.3, -0.25) is 4.79 Å². The Kier molecular flexibility index (Phi) is 5.77. The van der Waals surface area contributed by atoms with Crippen LogP contribution in [0.25, 0.3) is 0 Å². The van der Waals surface area contributed by atoms with Gasteiger partial charge in [-0.05, 0) is 31.0 Å². The van der Waals surface area contributed by atoms with Crippen LogP contribution in [0.5, 0.6) is 0 Å². The molecule has 0 fully saturated rings. The molecule has 0 aromatic heterocycles. The van der Waals surface area contributed by atoms with E-state index in [1.54, 1.807) is 25.1 Å². The second-order valence-corrected chi connectivity index (χ2v) is 4.65. The van der Waals surface area contributed by atoms with Crippen molar-refractivity contribution >= 4 is 23.5 Å². The van der Waals surface area contributed by atoms with Crippen LogP contribution in [0.3, 0.4) is 0 Å². The zero-order valence-corrected chi connectivity index (χ0v) is 12.5. The molecule has 5 heteroatoms. The second kappa shape index (κ2) is 7.10. The van der Waals surface area contributed by atoms with Crippen molar-refractivity contribution in [1.29, 1.82) is 0 Å². The van der Waals surface area contributed by atoms with Gasteiger partial charge in [0.05, 0.1) is 12.2 Å². The van der Waals surface area contributed by atoms with E-state index in [4.69, 9.17) is 21.1 Å². The van der Waals surface area contributed by atoms with Crippen LogP contribution < -0.4 is 0 Å². The number of hydrogen-bond acceptors (Lipinski definition) is 4. The van der Waals surface area contributed by atoms with E-state index in [0.29, 0.717) is 10.6 Å². The predicted octanol–water partition coefficient (Wildman–Crippen LogP) is 3.37. The van der Waals surface area contributed by atoms with Crippen LogP contribution in [0, 0.1) is 6.92 Å². The molecule has 0 amide bonds. The number of benzene rings is 1. The Morgan fingerprint density at radius 3 is 2.55 bits per heavy atom. The Morgan fingerprint density at radius 1 is 1.40 bits per heavy atom. The van der Waals surface area contributed by atoms with Gasteiger partial charge in [-0.1, -0.05) is 30.3 Å². The number of aryl methyl sites for hydroxylation is 1. The summed E-state index contributed by atoms with van der Waals surface area (Å²) in [4.78, 5) is 23.0. The van der Waals surface area contributed by atoms with E-state index in [2.05, 4.69) is 6.58 Å². The molecule has 1 atom stereocenters. The van der Waals surface area contributed by atoms with Gasteiger partial charge >= 0.3 is 11.9 Å². The number of hydrogen-bond donors (Lipinski definition) is 0. The lowest BCUT2D eigenvalue weighted by Crippen LogP contribution is -2.18. The normalized spacial score (nSPS) is 11.6. The quantitative estimate of drug-likeness (QED) is 0.617. The summed E-state index contributed by atoms with van der Waals surface area (Å²) in [6.07, 6.45) is -0.898. The number of rotatable bonds is 5. The van der Waals surface area contributed by atoms with Crippen molar-refractivity contribution < 1.29 is 19.1 Å². The Morgan fingerprint density at radius 2 is 2.05 bits per heavy atom. The summed E-state index contributed by atoms with van der Waals surface area (Å²) in [5, 5.41) is 0.524. The highest BCUT2D eigenvalue weighted by Gasteiger charge is 2.25. The number of carbonyl (C=O) groups excluding carboxylic acids is 2. The van der Waals surface area contributed by atoms with Gasteiger partial charge in [-0.25, -0.2) is 4.79 Å². The molecule has 1 aromatic carbocycles. The summed E-state index contributed by atoms with van der Waals surface area (Å²) < 4.78 is 10.0. The number of esters is 2. The second-order valence-electron chi connectivity index (χ2n) is 4.24. The molecule has 0 bridgehead atoms. The van der Waals surface area contributed by atoms with E-state index in [-0.39, 0.29) is 12.2 Å². The third kappa shape index (κ3) is 4.10. The third-order valence-corrected chi connectivity index (χ3v) is 3.04. The highest BCUT2D eigenvalue weighted by molar-refractivity contribution is 6.31. The van der Waals surface area contributed by atoms with Crippen LogP contribution in [0.15, 0.2) is 30.4 Å². The van der Waals surface area contributed by atoms with E-state index in [1.807, 2.05) is 6.92 Å². The lowest BCUT2D eigenvalue weighted by Gasteiger charge is -2.19. The van der Waals surface area contributed by atoms with Crippen LogP contribution in [0.4, 0.5) is 0 Å². The van der Waals surface area contributed by atoms with Gasteiger partial charge < -0.3 is 9.47 Å². The molecule has 20 heavy (non-hydrogen) atoms. The van der Waals surface area contributed by atoms with Crippen LogP contribution >= 0.6 is 11.6 Å². The van der Waals surface area contributed by atoms with E-state index in [0.717, 1.165) is 5.56 Å². The minimum Gasteiger partial charge on any atom is -0.463 e. The van der Waals surface area contributed by atoms with Gasteiger partial charge in [0.2, 0.25) is 0 Å². The van der Waals surface area contributed by atoms with Gasteiger partial charge in [0.25, 0.3) is 0 Å². The molecule has 0 radical (unpaired) electrons. The smallest absolute Gasteiger partial charge is 0.337 e. The molecule has 0 aliphatic rings. The summed E-state index contributed by atoms with van der Waals surface area (Å²) >= 11 is 6.05. The van der Waals surface area contributed by atoms with Gasteiger partial charge in [0.1, 0.15) is 0 Å². The summed E-state index contributed by atoms with van der Waals surface area (Å²) in [6.45, 7) is 8.69. The maximum absolute atomic E-state index is 11.7. The highest BCUT2D eigenvalue weighted by atomic mass is 35.5. The largest absolute Gasteiger partial charge is 0.463 e. The van der Waals surface area contributed by atoms with Crippen molar-refractivity contribution in [3.05, 3.63) is 46.5 Å². The SMILES string of the molecule is C=C(C(=O)OCC)C(OC(C)=O)c1ccc(C)c(Cl)c1. The number of ether oxygens (including phenoxy) is 2. The molecule has 108 valence electrons. The Balaban J connectivity index is 3.11. The van der Waals surface area contributed by atoms with Crippen LogP contribution in [-0.2, 0) is 19.1 Å². The molecule has 1 unspecified atom stereocenters. The first-order valence-electron chi connectivity index (χ1n) is 6.16. The molecule has 0 saturated heterocycles. The summed E-state index contributed by atoms with van der Waals surface area (Å²) in [5.74, 6) is -1.12. The fourth-order valence-electron chi connectivity index (χ4n) is 1.61. The first kappa shape index (κ1) is 16.2. The fourth-order valence-corrected chi connectivity index (χ4v) is 1.80. The molecule has 0 heterocycles. The molecular weight excluding hydrogens is 280 g/mol. The zero-order valence-electron chi connectivity index (χ0n) is 11.7. The van der Waals surface area contributed by atoms with Crippen molar-refractivity contribution in [2.75, 3.05) is 6.61 Å². The van der Waals surface area contributed by atoms with Crippen LogP contribution in [-0.4, -0.2) is 18.5 Å². The lowest BCUT2D eigenvalue weighted by molar-refractivity contribution is -0.147. The molecular formula is C15H17ClO4. The Bertz CT molecular complexity index is 537. The summed E-state index contributed by atoms with van der Waals surface area (Å²) in [6, 6.07) is 5.17. The summed E-state index contributed by atoms with van der Waals surface area (Å²) in [5.41, 5.74) is 1.52. The van der Waals surface area contributed by atoms with Gasteiger partial charge in [-0.15, -0.1) is 0 Å². The topological polar surface area (TPSA) is 52.6 Å². The molecule has 0 spiro atoms. The minimum absolute atomic E-state index is 0.0574. The lowest BCUT2D eigenvalue weighted by atomic mass is 10.0. The van der Waals surface area contributed by atoms with E-state index >= 15 is 0 Å². The third-order valence-electron chi connectivity index (χ3n) is 2.64. The molecule has 0 saturated carbocycles. The summed E-state index contributed by atoms with van der Waals surface area (Å²) in [7, 11) is 0. The highest BCUT2D eigenvalue weighted by Crippen LogP contribution is 2.29. The standard InChI is InChI=1S/C15H17ClO4/c1-5-19-15(18)10(3)14(20-11(4)17)12-7-6-9(2)13(16)8-12/h6-8,14H,3,5H2,1-2,4H3. The van der Waals surface area contributed by atoms with Gasteiger partial charge in [-0.2, -0.15) is 0 Å². The monoisotopic (exact) mass is 296 g/mol. The first-order chi connectivity index (χ1) is 9.36. The molecule has 0 N–H and O–H groups in total. The Hall–Kier alpha value is -1.81. The van der Waals surface area contributed by atoms with Crippen molar-refractivity contribution in [2.24, 2.45) is 0 Å². The fraction of sp³-hybridized carbons (Fsp3) is 0.333. The van der Waals surface area contributed by atoms with Gasteiger partial charge in [0, 0.05) is 11.9 Å². The average molecular weight is 297 g/mol. The maximum Gasteiger partial charge on any atom is 0.337 e. The molecule has 0 aliphatic carbocycles. The van der Waals surface area contributed by atoms with Crippen molar-refractivity contribution in [1.82, 2.24) is 0 Å². The predicted molar refractivity (Wildman–Crippen MR) is 76.5 cm³/mol. The zero-order chi connectivity index (χ0) is 15.3. The van der Waals surface area contributed by atoms with Crippen LogP contribution in [0.2, 0.25) is 5.02 Å². The maximum atomic E-state index is 11.7. The first-order valence-corrected chi connectivity index (χ1v) is 6.53. The van der Waals surface area contributed by atoms with Gasteiger partial charge in [0.15, 0.2) is 6.10 Å². The van der Waals surface area contributed by atoms with Crippen LogP contribution in [0.1, 0.15) is 31.1 Å². The van der Waals surface area contributed by atoms with E-state index < -0.39 is 18.0 Å². The number of carbonyl (C=O) groups is 2. The van der Waals surface area contributed by atoms with E-state index in [9.17, 15) is 9.59 Å².